The molecule has 1 saturated heterocycles. The van der Waals surface area contributed by atoms with Crippen LogP contribution in [0.15, 0.2) is 0 Å². The fraction of sp³-hybridized carbons (Fsp3) is 0.917. The Morgan fingerprint density at radius 3 is 3.00 bits per heavy atom. The van der Waals surface area contributed by atoms with Crippen molar-refractivity contribution in [1.29, 1.82) is 0 Å². The van der Waals surface area contributed by atoms with Crippen LogP contribution in [-0.2, 0) is 4.79 Å². The monoisotopic (exact) mass is 244 g/mol. The second-order valence-electron chi connectivity index (χ2n) is 4.62. The maximum atomic E-state index is 11.5. The van der Waals surface area contributed by atoms with Crippen LogP contribution < -0.4 is 10.6 Å². The van der Waals surface area contributed by atoms with Crippen molar-refractivity contribution in [2.45, 2.75) is 39.2 Å². The number of rotatable bonds is 7. The summed E-state index contributed by atoms with van der Waals surface area (Å²) >= 11 is 2.02. The molecule has 0 saturated carbocycles. The van der Waals surface area contributed by atoms with Gasteiger partial charge in [-0.3, -0.25) is 4.79 Å². The van der Waals surface area contributed by atoms with Gasteiger partial charge in [-0.1, -0.05) is 13.3 Å². The zero-order chi connectivity index (χ0) is 11.8. The molecular weight excluding hydrogens is 220 g/mol. The molecule has 3 nitrogen and oxygen atoms in total. The second-order valence-corrected chi connectivity index (χ2v) is 5.77. The van der Waals surface area contributed by atoms with Crippen LogP contribution in [0.1, 0.15) is 33.1 Å². The molecule has 1 aliphatic heterocycles. The minimum atomic E-state index is 0.131. The molecule has 0 aliphatic carbocycles. The predicted molar refractivity (Wildman–Crippen MR) is 70.8 cm³/mol. The first-order valence-electron chi connectivity index (χ1n) is 6.30. The average Bonchev–Trinajstić information content (AvgIpc) is 2.70. The molecular formula is C12H24N2OS. The van der Waals surface area contributed by atoms with E-state index >= 15 is 0 Å². The summed E-state index contributed by atoms with van der Waals surface area (Å²) in [5.41, 5.74) is 0. The van der Waals surface area contributed by atoms with Gasteiger partial charge in [-0.25, -0.2) is 0 Å². The van der Waals surface area contributed by atoms with Gasteiger partial charge in [0.05, 0.1) is 6.54 Å². The van der Waals surface area contributed by atoms with E-state index in [0.29, 0.717) is 12.6 Å². The number of thioether (sulfide) groups is 1. The van der Waals surface area contributed by atoms with Crippen LogP contribution in [0.4, 0.5) is 0 Å². The van der Waals surface area contributed by atoms with Gasteiger partial charge >= 0.3 is 0 Å². The maximum absolute atomic E-state index is 11.5. The summed E-state index contributed by atoms with van der Waals surface area (Å²) in [6, 6.07) is 0.307. The van der Waals surface area contributed by atoms with Crippen LogP contribution >= 0.6 is 11.8 Å². The summed E-state index contributed by atoms with van der Waals surface area (Å²) in [5, 5.41) is 6.25. The lowest BCUT2D eigenvalue weighted by Crippen LogP contribution is -2.40. The largest absolute Gasteiger partial charge is 0.353 e. The summed E-state index contributed by atoms with van der Waals surface area (Å²) in [5.74, 6) is 3.44. The van der Waals surface area contributed by atoms with E-state index in [9.17, 15) is 4.79 Å². The van der Waals surface area contributed by atoms with Gasteiger partial charge in [0.15, 0.2) is 0 Å². The van der Waals surface area contributed by atoms with E-state index in [-0.39, 0.29) is 5.91 Å². The molecule has 94 valence electrons. The molecule has 0 spiro atoms. The first-order valence-corrected chi connectivity index (χ1v) is 7.45. The van der Waals surface area contributed by atoms with E-state index in [4.69, 9.17) is 0 Å². The Morgan fingerprint density at radius 1 is 1.56 bits per heavy atom. The van der Waals surface area contributed by atoms with E-state index in [1.54, 1.807) is 0 Å². The van der Waals surface area contributed by atoms with Crippen LogP contribution in [0, 0.1) is 5.92 Å². The standard InChI is InChI=1S/C12H24N2OS/c1-3-4-10(2)14-12(15)8-13-7-11-5-6-16-9-11/h10-11,13H,3-9H2,1-2H3,(H,14,15). The highest BCUT2D eigenvalue weighted by Crippen LogP contribution is 2.22. The zero-order valence-corrected chi connectivity index (χ0v) is 11.2. The van der Waals surface area contributed by atoms with E-state index in [1.807, 2.05) is 11.8 Å². The van der Waals surface area contributed by atoms with E-state index in [2.05, 4.69) is 24.5 Å². The van der Waals surface area contributed by atoms with Crippen LogP contribution in [0.5, 0.6) is 0 Å². The molecule has 2 N–H and O–H groups in total. The Bertz CT molecular complexity index is 205. The highest BCUT2D eigenvalue weighted by Gasteiger charge is 2.15. The third-order valence-corrected chi connectivity index (χ3v) is 4.10. The van der Waals surface area contributed by atoms with Crippen molar-refractivity contribution in [3.63, 3.8) is 0 Å². The molecule has 0 aromatic carbocycles. The topological polar surface area (TPSA) is 41.1 Å². The molecule has 16 heavy (non-hydrogen) atoms. The summed E-state index contributed by atoms with van der Waals surface area (Å²) in [6.45, 7) is 5.66. The molecule has 2 atom stereocenters. The number of hydrogen-bond donors (Lipinski definition) is 2. The van der Waals surface area contributed by atoms with Crippen molar-refractivity contribution in [2.24, 2.45) is 5.92 Å². The molecule has 0 aromatic heterocycles. The van der Waals surface area contributed by atoms with Crippen molar-refractivity contribution in [2.75, 3.05) is 24.6 Å². The molecule has 4 heteroatoms. The van der Waals surface area contributed by atoms with Gasteiger partial charge in [0.25, 0.3) is 0 Å². The molecule has 0 aromatic rings. The van der Waals surface area contributed by atoms with Crippen LogP contribution in [-0.4, -0.2) is 36.5 Å². The summed E-state index contributed by atoms with van der Waals surface area (Å²) in [7, 11) is 0. The second kappa shape index (κ2) is 7.96. The van der Waals surface area contributed by atoms with Gasteiger partial charge in [0.1, 0.15) is 0 Å². The Hall–Kier alpha value is -0.220. The van der Waals surface area contributed by atoms with E-state index in [1.165, 1.54) is 17.9 Å². The third-order valence-electron chi connectivity index (χ3n) is 2.87. The molecule has 1 aliphatic rings. The molecule has 1 fully saturated rings. The third kappa shape index (κ3) is 5.75. The SMILES string of the molecule is CCCC(C)NC(=O)CNCC1CCSC1. The van der Waals surface area contributed by atoms with Crippen molar-refractivity contribution in [1.82, 2.24) is 10.6 Å². The Morgan fingerprint density at radius 2 is 2.38 bits per heavy atom. The smallest absolute Gasteiger partial charge is 0.234 e. The van der Waals surface area contributed by atoms with Crippen molar-refractivity contribution in [3.8, 4) is 0 Å². The average molecular weight is 244 g/mol. The zero-order valence-electron chi connectivity index (χ0n) is 10.4. The van der Waals surface area contributed by atoms with E-state index in [0.717, 1.165) is 25.3 Å². The van der Waals surface area contributed by atoms with Crippen LogP contribution in [0.3, 0.4) is 0 Å². The number of amides is 1. The van der Waals surface area contributed by atoms with Crippen LogP contribution in [0.2, 0.25) is 0 Å². The fourth-order valence-corrected chi connectivity index (χ4v) is 3.25. The first-order chi connectivity index (χ1) is 7.72. The number of nitrogens with one attached hydrogen (secondary N) is 2. The number of carbonyl (C=O) groups is 1. The van der Waals surface area contributed by atoms with Crippen LogP contribution in [0.25, 0.3) is 0 Å². The van der Waals surface area contributed by atoms with Crippen molar-refractivity contribution >= 4 is 17.7 Å². The summed E-state index contributed by atoms with van der Waals surface area (Å²) < 4.78 is 0. The van der Waals surface area contributed by atoms with E-state index < -0.39 is 0 Å². The molecule has 0 radical (unpaired) electrons. The Balaban J connectivity index is 2.01. The minimum absolute atomic E-state index is 0.131. The highest BCUT2D eigenvalue weighted by atomic mass is 32.2. The highest BCUT2D eigenvalue weighted by molar-refractivity contribution is 7.99. The quantitative estimate of drug-likeness (QED) is 0.715. The van der Waals surface area contributed by atoms with Gasteiger partial charge in [-0.15, -0.1) is 0 Å². The summed E-state index contributed by atoms with van der Waals surface area (Å²) in [4.78, 5) is 11.5. The first kappa shape index (κ1) is 13.8. The Kier molecular flexibility index (Phi) is 6.88. The predicted octanol–water partition coefficient (Wildman–Crippen LogP) is 1.63. The molecule has 1 heterocycles. The lowest BCUT2D eigenvalue weighted by atomic mass is 10.1. The number of hydrogen-bond acceptors (Lipinski definition) is 3. The van der Waals surface area contributed by atoms with Gasteiger partial charge in [-0.2, -0.15) is 11.8 Å². The van der Waals surface area contributed by atoms with Gasteiger partial charge in [0, 0.05) is 6.04 Å². The van der Waals surface area contributed by atoms with Gasteiger partial charge in [0.2, 0.25) is 5.91 Å². The molecule has 1 amide bonds. The van der Waals surface area contributed by atoms with Gasteiger partial charge < -0.3 is 10.6 Å². The van der Waals surface area contributed by atoms with Gasteiger partial charge in [-0.05, 0) is 43.7 Å². The lowest BCUT2D eigenvalue weighted by Gasteiger charge is -2.14. The maximum Gasteiger partial charge on any atom is 0.234 e. The molecule has 1 rings (SSSR count). The van der Waals surface area contributed by atoms with Crippen molar-refractivity contribution in [3.05, 3.63) is 0 Å². The normalized spacial score (nSPS) is 22.0. The number of carbonyl (C=O) groups excluding carboxylic acids is 1. The summed E-state index contributed by atoms with van der Waals surface area (Å²) in [6.07, 6.45) is 3.48. The fourth-order valence-electron chi connectivity index (χ4n) is 1.97. The molecule has 2 unspecified atom stereocenters. The Labute approximate surface area is 103 Å². The minimum Gasteiger partial charge on any atom is -0.353 e. The molecule has 0 bridgehead atoms. The van der Waals surface area contributed by atoms with Crippen molar-refractivity contribution < 1.29 is 4.79 Å². The lowest BCUT2D eigenvalue weighted by molar-refractivity contribution is -0.120.